The first-order chi connectivity index (χ1) is 43.4. The number of aliphatic hydroxyl groups excluding tert-OH is 3. The van der Waals surface area contributed by atoms with Crippen LogP contribution in [0.2, 0.25) is 0 Å². The van der Waals surface area contributed by atoms with E-state index >= 15 is 0 Å². The lowest BCUT2D eigenvalue weighted by Crippen LogP contribution is -2.62. The van der Waals surface area contributed by atoms with Gasteiger partial charge in [-0.1, -0.05) is 60.1 Å². The van der Waals surface area contributed by atoms with Crippen molar-refractivity contribution >= 4 is 114 Å². The largest absolute Gasteiger partial charge is 0.508 e. The van der Waals surface area contributed by atoms with Crippen LogP contribution in [0.25, 0.3) is 0 Å². The fourth-order valence-corrected chi connectivity index (χ4v) is 9.05. The highest BCUT2D eigenvalue weighted by atomic mass is 32.1. The first-order valence-corrected chi connectivity index (χ1v) is 30.6. The number of rotatable bonds is 43. The summed E-state index contributed by atoms with van der Waals surface area (Å²) < 4.78 is 0. The number of hydrogen-bond acceptors (Lipinski definition) is 22. The van der Waals surface area contributed by atoms with Gasteiger partial charge < -0.3 is 106 Å². The number of carbonyl (C=O) groups excluding carboxylic acids is 12. The molecule has 12 amide bonds. The smallest absolute Gasteiger partial charge is 0.326 e. The van der Waals surface area contributed by atoms with Crippen LogP contribution in [0.3, 0.4) is 0 Å². The monoisotopic (exact) mass is 1360 g/mol. The van der Waals surface area contributed by atoms with Crippen molar-refractivity contribution in [3.05, 3.63) is 29.8 Å². The zero-order valence-corrected chi connectivity index (χ0v) is 54.1. The van der Waals surface area contributed by atoms with Crippen molar-refractivity contribution in [2.75, 3.05) is 24.7 Å². The lowest BCUT2D eigenvalue weighted by atomic mass is 9.99. The normalized spacial score (nSPS) is 15.7. The molecule has 35 nitrogen and oxygen atoms in total. The van der Waals surface area contributed by atoms with E-state index < -0.39 is 224 Å². The molecule has 1 rings (SSSR count). The number of aliphatic hydroxyl groups is 3. The van der Waals surface area contributed by atoms with Gasteiger partial charge in [-0.2, -0.15) is 25.3 Å². The van der Waals surface area contributed by atoms with E-state index in [1.165, 1.54) is 24.3 Å². The molecule has 0 aliphatic carbocycles. The molecular formula is C56H89N13O22S2. The van der Waals surface area contributed by atoms with E-state index in [1.54, 1.807) is 41.5 Å². The summed E-state index contributed by atoms with van der Waals surface area (Å²) in [6.07, 6.45) is -5.49. The number of hydrogen-bond donors (Lipinski definition) is 22. The molecular weight excluding hydrogens is 1270 g/mol. The Balaban J connectivity index is 3.51. The highest BCUT2D eigenvalue weighted by Crippen LogP contribution is 2.15. The van der Waals surface area contributed by atoms with Crippen molar-refractivity contribution in [2.24, 2.45) is 29.2 Å². The second-order valence-electron chi connectivity index (χ2n) is 22.7. The van der Waals surface area contributed by atoms with Crippen molar-refractivity contribution < 1.29 is 108 Å². The van der Waals surface area contributed by atoms with Gasteiger partial charge in [0.15, 0.2) is 0 Å². The molecule has 0 saturated carbocycles. The first kappa shape index (κ1) is 82.6. The topological polar surface area (TPSA) is 582 Å². The summed E-state index contributed by atoms with van der Waals surface area (Å²) in [5, 5.41) is 95.1. The zero-order chi connectivity index (χ0) is 71.1. The van der Waals surface area contributed by atoms with E-state index in [-0.39, 0.29) is 36.7 Å². The maximum atomic E-state index is 14.2. The van der Waals surface area contributed by atoms with E-state index in [0.717, 1.165) is 6.92 Å². The predicted molar refractivity (Wildman–Crippen MR) is 334 cm³/mol. The van der Waals surface area contributed by atoms with Crippen LogP contribution < -0.4 is 70.0 Å². The molecule has 0 heterocycles. The molecule has 0 aliphatic heterocycles. The standard InChI is InChI=1S/C56H89N13O22S2/c1-8-26(6)43(56(90)91)68-54(88)39(23-93)67-52(86)37(21-71)64-46(80)31(13-14-41(75)76)59-55(89)44(27(7)72)69-50(84)33(16-25(4)5)60-49(83)35(19-42(77)78)63-51(85)36(20-70)65-48(82)34(17-28-9-11-29(73)12-10-28)62-47(81)32(15-24(2)3)61-53(87)38(22-92)66-45(79)30(57)18-40(58)74/h9-12,24-27,30-39,43-44,70-73,92-93H,8,13-23,57H2,1-7H3,(H2,58,74)(H,59,89)(H,60,83)(H,61,87)(H,62,81)(H,63,85)(H,64,80)(H,65,82)(H,66,79)(H,67,86)(H,68,88)(H,69,84)(H,75,76)(H,77,78)(H,90,91)/t26-,27+,30-,31-,32-,33-,34-,35-,36-,37-,38-,39-,43-,44-/m0/s1. The molecule has 0 aromatic heterocycles. The third-order valence-electron chi connectivity index (χ3n) is 13.8. The second kappa shape index (κ2) is 41.3. The van der Waals surface area contributed by atoms with Gasteiger partial charge in [-0.15, -0.1) is 0 Å². The Labute approximate surface area is 546 Å². The predicted octanol–water partition coefficient (Wildman–Crippen LogP) is -6.74. The van der Waals surface area contributed by atoms with Crippen LogP contribution in [-0.4, -0.2) is 228 Å². The fourth-order valence-electron chi connectivity index (χ4n) is 8.53. The molecule has 37 heteroatoms. The number of phenolic OH excluding ortho intramolecular Hbond substituents is 1. The molecule has 0 aliphatic rings. The molecule has 0 saturated heterocycles. The van der Waals surface area contributed by atoms with E-state index in [2.05, 4.69) is 83.7 Å². The van der Waals surface area contributed by atoms with Gasteiger partial charge in [-0.3, -0.25) is 67.1 Å². The number of nitrogens with two attached hydrogens (primary N) is 2. The lowest BCUT2D eigenvalue weighted by molar-refractivity contribution is -0.144. The van der Waals surface area contributed by atoms with Gasteiger partial charge in [-0.05, 0) is 61.6 Å². The number of carboxylic acid groups (broad SMARTS) is 3. The third kappa shape index (κ3) is 29.8. The summed E-state index contributed by atoms with van der Waals surface area (Å²) in [6, 6.07) is -15.2. The molecule has 522 valence electrons. The van der Waals surface area contributed by atoms with Gasteiger partial charge in [0, 0.05) is 24.3 Å². The van der Waals surface area contributed by atoms with Crippen molar-refractivity contribution in [3.8, 4) is 5.75 Å². The number of thiol groups is 2. The molecule has 14 atom stereocenters. The van der Waals surface area contributed by atoms with Crippen molar-refractivity contribution in [1.29, 1.82) is 0 Å². The summed E-state index contributed by atoms with van der Waals surface area (Å²) >= 11 is 8.14. The Morgan fingerprint density at radius 1 is 0.462 bits per heavy atom. The number of aliphatic carboxylic acids is 3. The quantitative estimate of drug-likeness (QED) is 0.0270. The molecule has 0 unspecified atom stereocenters. The lowest BCUT2D eigenvalue weighted by Gasteiger charge is -2.29. The van der Waals surface area contributed by atoms with E-state index in [4.69, 9.17) is 11.5 Å². The van der Waals surface area contributed by atoms with Gasteiger partial charge in [0.05, 0.1) is 38.2 Å². The van der Waals surface area contributed by atoms with Crippen molar-refractivity contribution in [3.63, 3.8) is 0 Å². The van der Waals surface area contributed by atoms with Gasteiger partial charge >= 0.3 is 17.9 Å². The van der Waals surface area contributed by atoms with Gasteiger partial charge in [0.25, 0.3) is 0 Å². The number of phenols is 1. The summed E-state index contributed by atoms with van der Waals surface area (Å²) in [5.74, 6) is -20.5. The molecule has 0 spiro atoms. The number of carbonyl (C=O) groups is 15. The highest BCUT2D eigenvalue weighted by Gasteiger charge is 2.38. The van der Waals surface area contributed by atoms with Gasteiger partial charge in [0.2, 0.25) is 70.9 Å². The number of primary amides is 1. The van der Waals surface area contributed by atoms with Crippen LogP contribution in [0.1, 0.15) is 99.0 Å². The van der Waals surface area contributed by atoms with Crippen LogP contribution in [0, 0.1) is 17.8 Å². The SMILES string of the molecule is CC[C@H](C)[C@H](NC(=O)[C@H](CS)NC(=O)[C@H](CO)NC(=O)[C@H](CCC(=O)O)NC(=O)[C@@H](NC(=O)[C@H](CC(C)C)NC(=O)[C@H](CC(=O)O)NC(=O)[C@H](CO)NC(=O)[C@H](Cc1ccc(O)cc1)NC(=O)[C@H](CC(C)C)NC(=O)[C@H](CS)NC(=O)[C@@H](N)CC(N)=O)[C@@H](C)O)C(=O)O. The third-order valence-corrected chi connectivity index (χ3v) is 14.6. The summed E-state index contributed by atoms with van der Waals surface area (Å²) in [5.41, 5.74) is 11.1. The molecule has 22 N–H and O–H groups in total. The van der Waals surface area contributed by atoms with Crippen LogP contribution in [-0.2, 0) is 78.3 Å². The van der Waals surface area contributed by atoms with Gasteiger partial charge in [0.1, 0.15) is 72.2 Å². The number of aromatic hydroxyl groups is 1. The minimum atomic E-state index is -2.10. The van der Waals surface area contributed by atoms with Crippen LogP contribution in [0.15, 0.2) is 24.3 Å². The Morgan fingerprint density at radius 2 is 0.828 bits per heavy atom. The zero-order valence-electron chi connectivity index (χ0n) is 52.3. The second-order valence-corrected chi connectivity index (χ2v) is 23.4. The summed E-state index contributed by atoms with van der Waals surface area (Å²) in [7, 11) is 0. The number of benzene rings is 1. The molecule has 93 heavy (non-hydrogen) atoms. The Kier molecular flexibility index (Phi) is 36.6. The average Bonchev–Trinajstić information content (AvgIpc) is 1.17. The van der Waals surface area contributed by atoms with Crippen molar-refractivity contribution in [1.82, 2.24) is 58.5 Å². The minimum absolute atomic E-state index is 0.0660. The minimum Gasteiger partial charge on any atom is -0.508 e. The van der Waals surface area contributed by atoms with Crippen molar-refractivity contribution in [2.45, 2.75) is 178 Å². The van der Waals surface area contributed by atoms with Gasteiger partial charge in [-0.25, -0.2) is 4.79 Å². The van der Waals surface area contributed by atoms with Crippen LogP contribution in [0.4, 0.5) is 0 Å². The molecule has 1 aromatic carbocycles. The Bertz CT molecular complexity index is 2780. The van der Waals surface area contributed by atoms with Crippen LogP contribution in [0.5, 0.6) is 5.75 Å². The van der Waals surface area contributed by atoms with Crippen LogP contribution >= 0.6 is 25.3 Å². The molecule has 0 bridgehead atoms. The summed E-state index contributed by atoms with van der Waals surface area (Å²) in [6.45, 7) is 8.40. The van der Waals surface area contributed by atoms with E-state index in [9.17, 15) is 108 Å². The van der Waals surface area contributed by atoms with E-state index in [1.807, 2.05) is 0 Å². The first-order valence-electron chi connectivity index (χ1n) is 29.4. The summed E-state index contributed by atoms with van der Waals surface area (Å²) in [4.78, 5) is 197. The number of carboxylic acids is 3. The molecule has 0 fully saturated rings. The molecule has 0 radical (unpaired) electrons. The Hall–Kier alpha value is -8.39. The average molecular weight is 1360 g/mol. The maximum Gasteiger partial charge on any atom is 0.326 e. The Morgan fingerprint density at radius 3 is 1.25 bits per heavy atom. The molecule has 1 aromatic rings. The number of nitrogens with one attached hydrogen (secondary N) is 11. The maximum absolute atomic E-state index is 14.2. The number of amides is 12. The fraction of sp³-hybridized carbons (Fsp3) is 0.625. The highest BCUT2D eigenvalue weighted by molar-refractivity contribution is 7.80. The van der Waals surface area contributed by atoms with E-state index in [0.29, 0.717) is 12.0 Å².